The maximum atomic E-state index is 12.1. The molecule has 0 fully saturated rings. The number of alkyl halides is 3. The molecular weight excluding hydrogens is 546 g/mol. The molecule has 0 unspecified atom stereocenters. The highest BCUT2D eigenvalue weighted by atomic mass is 127. The van der Waals surface area contributed by atoms with Crippen molar-refractivity contribution in [1.29, 1.82) is 0 Å². The van der Waals surface area contributed by atoms with Gasteiger partial charge in [-0.15, -0.1) is 24.0 Å². The van der Waals surface area contributed by atoms with E-state index in [1.165, 1.54) is 0 Å². The maximum Gasteiger partial charge on any atom is 0.411 e. The molecule has 0 aliphatic heterocycles. The zero-order valence-electron chi connectivity index (χ0n) is 18.2. The summed E-state index contributed by atoms with van der Waals surface area (Å²) in [5.74, 6) is 0.653. The Morgan fingerprint density at radius 2 is 1.64 bits per heavy atom. The molecule has 6 nitrogen and oxygen atoms in total. The second-order valence-corrected chi connectivity index (χ2v) is 7.23. The first kappa shape index (κ1) is 26.7. The predicted octanol–water partition coefficient (Wildman–Crippen LogP) is 4.49. The third-order valence-electron chi connectivity index (χ3n) is 4.60. The molecule has 10 heteroatoms. The highest BCUT2D eigenvalue weighted by Crippen LogP contribution is 2.16. The van der Waals surface area contributed by atoms with Gasteiger partial charge in [-0.1, -0.05) is 48.5 Å². The van der Waals surface area contributed by atoms with Crippen molar-refractivity contribution >= 4 is 29.9 Å². The molecule has 0 radical (unpaired) electrons. The minimum Gasteiger partial charge on any atom is -0.367 e. The number of aliphatic imine (C=N–C) groups is 1. The first-order valence-electron chi connectivity index (χ1n) is 10.1. The molecule has 178 valence electrons. The van der Waals surface area contributed by atoms with Gasteiger partial charge in [0.1, 0.15) is 6.61 Å². The lowest BCUT2D eigenvalue weighted by atomic mass is 10.1. The molecule has 0 bridgehead atoms. The Morgan fingerprint density at radius 3 is 2.27 bits per heavy atom. The van der Waals surface area contributed by atoms with Gasteiger partial charge in [0.15, 0.2) is 5.96 Å². The number of benzene rings is 2. The number of hydrogen-bond acceptors (Lipinski definition) is 3. The second kappa shape index (κ2) is 13.2. The van der Waals surface area contributed by atoms with E-state index in [-0.39, 0.29) is 30.6 Å². The molecule has 0 saturated heterocycles. The van der Waals surface area contributed by atoms with Crippen molar-refractivity contribution < 1.29 is 17.9 Å². The average molecular weight is 573 g/mol. The molecule has 0 amide bonds. The molecule has 0 atom stereocenters. The van der Waals surface area contributed by atoms with Gasteiger partial charge in [-0.3, -0.25) is 9.67 Å². The molecule has 1 aromatic heterocycles. The normalized spacial score (nSPS) is 11.7. The van der Waals surface area contributed by atoms with Gasteiger partial charge in [0, 0.05) is 32.5 Å². The van der Waals surface area contributed by atoms with E-state index in [9.17, 15) is 13.2 Å². The summed E-state index contributed by atoms with van der Waals surface area (Å²) in [6.07, 6.45) is -0.622. The van der Waals surface area contributed by atoms with Gasteiger partial charge in [0.05, 0.1) is 13.2 Å². The van der Waals surface area contributed by atoms with Crippen LogP contribution in [0.2, 0.25) is 0 Å². The van der Waals surface area contributed by atoms with Crippen molar-refractivity contribution in [2.45, 2.75) is 32.4 Å². The van der Waals surface area contributed by atoms with E-state index < -0.39 is 12.8 Å². The smallest absolute Gasteiger partial charge is 0.367 e. The fourth-order valence-corrected chi connectivity index (χ4v) is 3.05. The lowest BCUT2D eigenvalue weighted by molar-refractivity contribution is -0.176. The van der Waals surface area contributed by atoms with Crippen LogP contribution in [0.5, 0.6) is 0 Å². The van der Waals surface area contributed by atoms with Gasteiger partial charge in [-0.25, -0.2) is 0 Å². The molecule has 0 aliphatic rings. The molecule has 33 heavy (non-hydrogen) atoms. The van der Waals surface area contributed by atoms with Crippen molar-refractivity contribution in [2.24, 2.45) is 4.99 Å². The van der Waals surface area contributed by atoms with E-state index in [0.29, 0.717) is 31.2 Å². The first-order chi connectivity index (χ1) is 15.4. The average Bonchev–Trinajstić information content (AvgIpc) is 3.27. The van der Waals surface area contributed by atoms with Crippen molar-refractivity contribution in [3.63, 3.8) is 0 Å². The Bertz CT molecular complexity index is 992. The zero-order valence-corrected chi connectivity index (χ0v) is 20.5. The van der Waals surface area contributed by atoms with Crippen LogP contribution in [-0.2, 0) is 31.0 Å². The Balaban J connectivity index is 0.00000385. The molecule has 0 aliphatic carbocycles. The monoisotopic (exact) mass is 573 g/mol. The number of halogens is 4. The largest absolute Gasteiger partial charge is 0.411 e. The minimum atomic E-state index is -4.31. The number of hydrogen-bond donors (Lipinski definition) is 2. The number of aromatic nitrogens is 2. The van der Waals surface area contributed by atoms with Crippen LogP contribution in [0.1, 0.15) is 22.3 Å². The van der Waals surface area contributed by atoms with E-state index in [4.69, 9.17) is 0 Å². The molecule has 3 rings (SSSR count). The van der Waals surface area contributed by atoms with Crippen LogP contribution in [0.4, 0.5) is 13.2 Å². The van der Waals surface area contributed by atoms with Crippen molar-refractivity contribution in [3.05, 3.63) is 89.2 Å². The highest BCUT2D eigenvalue weighted by Gasteiger charge is 2.27. The summed E-state index contributed by atoms with van der Waals surface area (Å²) in [6, 6.07) is 17.4. The second-order valence-electron chi connectivity index (χ2n) is 7.23. The SMILES string of the molecule is CN=C(NCc1ccc(COCC(F)(F)F)cc1)NCc1cccc(Cn2cccn2)c1.I. The molecule has 2 aromatic carbocycles. The number of rotatable bonds is 9. The maximum absolute atomic E-state index is 12.1. The summed E-state index contributed by atoms with van der Waals surface area (Å²) in [5, 5.41) is 10.8. The fourth-order valence-electron chi connectivity index (χ4n) is 3.05. The van der Waals surface area contributed by atoms with Crippen molar-refractivity contribution in [2.75, 3.05) is 13.7 Å². The molecule has 3 aromatic rings. The Labute approximate surface area is 208 Å². The fraction of sp³-hybridized carbons (Fsp3) is 0.304. The van der Waals surface area contributed by atoms with Crippen LogP contribution in [0, 0.1) is 0 Å². The summed E-state index contributed by atoms with van der Waals surface area (Å²) >= 11 is 0. The van der Waals surface area contributed by atoms with Crippen LogP contribution in [0.3, 0.4) is 0 Å². The summed E-state index contributed by atoms with van der Waals surface area (Å²) < 4.78 is 43.0. The lowest BCUT2D eigenvalue weighted by Crippen LogP contribution is -2.36. The van der Waals surface area contributed by atoms with E-state index in [0.717, 1.165) is 16.7 Å². The van der Waals surface area contributed by atoms with Gasteiger partial charge in [-0.2, -0.15) is 18.3 Å². The van der Waals surface area contributed by atoms with E-state index in [1.807, 2.05) is 41.2 Å². The topological polar surface area (TPSA) is 63.5 Å². The summed E-state index contributed by atoms with van der Waals surface area (Å²) in [6.45, 7) is 0.538. The summed E-state index contributed by atoms with van der Waals surface area (Å²) in [4.78, 5) is 4.24. The standard InChI is InChI=1S/C23H26F3N5O.HI/c1-27-22(28-13-18-6-8-19(9-7-18)16-32-17-23(24,25)26)29-14-20-4-2-5-21(12-20)15-31-11-3-10-30-31;/h2-12H,13-17H2,1H3,(H2,27,28,29);1H. The third-order valence-corrected chi connectivity index (χ3v) is 4.60. The van der Waals surface area contributed by atoms with E-state index in [2.05, 4.69) is 37.6 Å². The molecule has 2 N–H and O–H groups in total. The van der Waals surface area contributed by atoms with E-state index >= 15 is 0 Å². The number of nitrogens with zero attached hydrogens (tertiary/aromatic N) is 3. The minimum absolute atomic E-state index is 0. The van der Waals surface area contributed by atoms with Crippen LogP contribution in [0.15, 0.2) is 72.0 Å². The van der Waals surface area contributed by atoms with Gasteiger partial charge in [-0.05, 0) is 28.3 Å². The van der Waals surface area contributed by atoms with Crippen LogP contribution in [-0.4, -0.2) is 35.6 Å². The molecular formula is C23H27F3IN5O. The number of nitrogens with one attached hydrogen (secondary N) is 2. The highest BCUT2D eigenvalue weighted by molar-refractivity contribution is 14.0. The Hall–Kier alpha value is -2.60. The molecule has 1 heterocycles. The Kier molecular flexibility index (Phi) is 10.7. The van der Waals surface area contributed by atoms with E-state index in [1.54, 1.807) is 25.4 Å². The lowest BCUT2D eigenvalue weighted by Gasteiger charge is -2.13. The zero-order chi connectivity index (χ0) is 22.8. The number of ether oxygens (including phenoxy) is 1. The van der Waals surface area contributed by atoms with Crippen LogP contribution < -0.4 is 10.6 Å². The first-order valence-corrected chi connectivity index (χ1v) is 10.1. The quantitative estimate of drug-likeness (QED) is 0.225. The summed E-state index contributed by atoms with van der Waals surface area (Å²) in [7, 11) is 1.70. The predicted molar refractivity (Wildman–Crippen MR) is 132 cm³/mol. The number of guanidine groups is 1. The van der Waals surface area contributed by atoms with Gasteiger partial charge in [0.2, 0.25) is 0 Å². The van der Waals surface area contributed by atoms with Crippen molar-refractivity contribution in [1.82, 2.24) is 20.4 Å². The van der Waals surface area contributed by atoms with Crippen LogP contribution >= 0.6 is 24.0 Å². The van der Waals surface area contributed by atoms with Gasteiger partial charge < -0.3 is 15.4 Å². The third kappa shape index (κ3) is 9.82. The Morgan fingerprint density at radius 1 is 0.970 bits per heavy atom. The summed E-state index contributed by atoms with van der Waals surface area (Å²) in [5.41, 5.74) is 3.96. The molecule has 0 saturated carbocycles. The van der Waals surface area contributed by atoms with Crippen molar-refractivity contribution in [3.8, 4) is 0 Å². The molecule has 0 spiro atoms. The van der Waals surface area contributed by atoms with Gasteiger partial charge >= 0.3 is 6.18 Å². The van der Waals surface area contributed by atoms with Gasteiger partial charge in [0.25, 0.3) is 0 Å². The van der Waals surface area contributed by atoms with Crippen LogP contribution in [0.25, 0.3) is 0 Å².